The number of hydrogen-bond acceptors (Lipinski definition) is 2. The van der Waals surface area contributed by atoms with Crippen molar-refractivity contribution in [3.05, 3.63) is 119 Å². The van der Waals surface area contributed by atoms with Crippen molar-refractivity contribution < 1.29 is 9.53 Å². The van der Waals surface area contributed by atoms with Crippen LogP contribution in [0.15, 0.2) is 97.1 Å². The van der Waals surface area contributed by atoms with Crippen molar-refractivity contribution in [2.45, 2.75) is 20.0 Å². The summed E-state index contributed by atoms with van der Waals surface area (Å²) in [5.74, 6) is 1.70. The molecule has 0 saturated heterocycles. The Balaban J connectivity index is 1.32. The van der Waals surface area contributed by atoms with Gasteiger partial charge in [-0.05, 0) is 65.1 Å². The number of fused-ring (bicyclic) bond motifs is 1. The van der Waals surface area contributed by atoms with Crippen LogP contribution in [0.5, 0.6) is 11.5 Å². The van der Waals surface area contributed by atoms with E-state index in [1.807, 2.05) is 84.6 Å². The maximum Gasteiger partial charge on any atom is 0.255 e. The lowest BCUT2D eigenvalue weighted by Gasteiger charge is -2.16. The van der Waals surface area contributed by atoms with Gasteiger partial charge in [0.25, 0.3) is 5.91 Å². The first kappa shape index (κ1) is 19.1. The standard InChI is InChI=1S/C28H23NO2/c1-20-16-23(22-8-4-2-5-9-22)17-24-19-29(28(30)27(20)24)18-21-12-14-26(15-13-21)31-25-10-6-3-7-11-25/h2-17H,18-19H2,1H3. The first-order valence-corrected chi connectivity index (χ1v) is 10.5. The normalized spacial score (nSPS) is 12.7. The fraction of sp³-hybridized carbons (Fsp3) is 0.107. The smallest absolute Gasteiger partial charge is 0.255 e. The molecule has 0 N–H and O–H groups in total. The lowest BCUT2D eigenvalue weighted by Crippen LogP contribution is -2.23. The van der Waals surface area contributed by atoms with Gasteiger partial charge in [0.2, 0.25) is 0 Å². The molecule has 1 heterocycles. The van der Waals surface area contributed by atoms with Crippen LogP contribution in [-0.2, 0) is 13.1 Å². The Bertz CT molecular complexity index is 1220. The van der Waals surface area contributed by atoms with Gasteiger partial charge in [-0.15, -0.1) is 0 Å². The lowest BCUT2D eigenvalue weighted by atomic mass is 9.96. The molecule has 1 aliphatic rings. The van der Waals surface area contributed by atoms with Gasteiger partial charge in [0.05, 0.1) is 0 Å². The van der Waals surface area contributed by atoms with Gasteiger partial charge >= 0.3 is 0 Å². The summed E-state index contributed by atoms with van der Waals surface area (Å²) in [5.41, 5.74) is 6.41. The molecule has 3 nitrogen and oxygen atoms in total. The largest absolute Gasteiger partial charge is 0.457 e. The Morgan fingerprint density at radius 1 is 0.774 bits per heavy atom. The number of amides is 1. The number of hydrogen-bond donors (Lipinski definition) is 0. The van der Waals surface area contributed by atoms with Crippen molar-refractivity contribution in [1.82, 2.24) is 4.90 Å². The summed E-state index contributed by atoms with van der Waals surface area (Å²) in [5, 5.41) is 0. The first-order valence-electron chi connectivity index (χ1n) is 10.5. The summed E-state index contributed by atoms with van der Waals surface area (Å²) in [6.07, 6.45) is 0. The molecule has 0 spiro atoms. The highest BCUT2D eigenvalue weighted by atomic mass is 16.5. The van der Waals surface area contributed by atoms with Crippen LogP contribution in [0.25, 0.3) is 11.1 Å². The predicted octanol–water partition coefficient (Wildman–Crippen LogP) is 6.61. The van der Waals surface area contributed by atoms with Gasteiger partial charge in [-0.1, -0.05) is 66.7 Å². The summed E-state index contributed by atoms with van der Waals surface area (Å²) in [6.45, 7) is 3.25. The zero-order chi connectivity index (χ0) is 21.2. The van der Waals surface area contributed by atoms with Crippen LogP contribution in [0.2, 0.25) is 0 Å². The highest BCUT2D eigenvalue weighted by Crippen LogP contribution is 2.32. The molecule has 3 heteroatoms. The molecule has 0 aliphatic carbocycles. The summed E-state index contributed by atoms with van der Waals surface area (Å²) < 4.78 is 5.87. The van der Waals surface area contributed by atoms with Crippen molar-refractivity contribution in [2.24, 2.45) is 0 Å². The van der Waals surface area contributed by atoms with E-state index in [0.29, 0.717) is 13.1 Å². The van der Waals surface area contributed by atoms with Crippen LogP contribution in [0, 0.1) is 6.92 Å². The van der Waals surface area contributed by atoms with Gasteiger partial charge in [0.1, 0.15) is 11.5 Å². The maximum absolute atomic E-state index is 13.1. The van der Waals surface area contributed by atoms with Gasteiger partial charge in [-0.3, -0.25) is 4.79 Å². The van der Waals surface area contributed by atoms with Crippen molar-refractivity contribution in [1.29, 1.82) is 0 Å². The van der Waals surface area contributed by atoms with Gasteiger partial charge in [0, 0.05) is 18.7 Å². The van der Waals surface area contributed by atoms with Crippen LogP contribution >= 0.6 is 0 Å². The van der Waals surface area contributed by atoms with Crippen molar-refractivity contribution in [3.8, 4) is 22.6 Å². The van der Waals surface area contributed by atoms with E-state index in [-0.39, 0.29) is 5.91 Å². The van der Waals surface area contributed by atoms with E-state index in [2.05, 4.69) is 24.3 Å². The van der Waals surface area contributed by atoms with Gasteiger partial charge in [-0.2, -0.15) is 0 Å². The van der Waals surface area contributed by atoms with Crippen LogP contribution in [0.1, 0.15) is 27.0 Å². The van der Waals surface area contributed by atoms with E-state index in [9.17, 15) is 4.79 Å². The van der Waals surface area contributed by atoms with Crippen LogP contribution in [0.4, 0.5) is 0 Å². The average molecular weight is 405 g/mol. The molecule has 0 saturated carbocycles. The quantitative estimate of drug-likeness (QED) is 0.374. The summed E-state index contributed by atoms with van der Waals surface area (Å²) in [4.78, 5) is 15.0. The monoisotopic (exact) mass is 405 g/mol. The van der Waals surface area contributed by atoms with Crippen molar-refractivity contribution >= 4 is 5.91 Å². The molecule has 31 heavy (non-hydrogen) atoms. The molecule has 0 atom stereocenters. The average Bonchev–Trinajstić information content (AvgIpc) is 3.12. The summed E-state index contributed by atoms with van der Waals surface area (Å²) in [6, 6.07) is 32.3. The van der Waals surface area contributed by atoms with Crippen molar-refractivity contribution in [3.63, 3.8) is 0 Å². The van der Waals surface area contributed by atoms with Gasteiger partial charge < -0.3 is 9.64 Å². The fourth-order valence-electron chi connectivity index (χ4n) is 4.16. The molecular formula is C28H23NO2. The van der Waals surface area contributed by atoms with E-state index >= 15 is 0 Å². The second-order valence-electron chi connectivity index (χ2n) is 7.91. The highest BCUT2D eigenvalue weighted by molar-refractivity contribution is 6.00. The Morgan fingerprint density at radius 2 is 1.42 bits per heavy atom. The van der Waals surface area contributed by atoms with E-state index in [1.165, 1.54) is 5.56 Å². The molecule has 0 unspecified atom stereocenters. The molecule has 1 aliphatic heterocycles. The number of ether oxygens (including phenoxy) is 1. The minimum Gasteiger partial charge on any atom is -0.457 e. The van der Waals surface area contributed by atoms with E-state index in [0.717, 1.165) is 39.3 Å². The summed E-state index contributed by atoms with van der Waals surface area (Å²) in [7, 11) is 0. The third kappa shape index (κ3) is 3.95. The molecule has 0 radical (unpaired) electrons. The topological polar surface area (TPSA) is 29.5 Å². The second kappa shape index (κ2) is 8.11. The number of rotatable bonds is 5. The number of carbonyl (C=O) groups excluding carboxylic acids is 1. The molecule has 0 aromatic heterocycles. The van der Waals surface area contributed by atoms with Crippen LogP contribution in [0.3, 0.4) is 0 Å². The Kier molecular flexibility index (Phi) is 5.01. The molecule has 152 valence electrons. The molecule has 0 fully saturated rings. The molecule has 4 aromatic carbocycles. The van der Waals surface area contributed by atoms with Crippen molar-refractivity contribution in [2.75, 3.05) is 0 Å². The van der Waals surface area contributed by atoms with E-state index < -0.39 is 0 Å². The van der Waals surface area contributed by atoms with Gasteiger partial charge in [0.15, 0.2) is 0 Å². The van der Waals surface area contributed by atoms with Crippen LogP contribution < -0.4 is 4.74 Å². The minimum atomic E-state index is 0.108. The summed E-state index contributed by atoms with van der Waals surface area (Å²) >= 11 is 0. The zero-order valence-electron chi connectivity index (χ0n) is 17.4. The first-order chi connectivity index (χ1) is 15.2. The molecule has 5 rings (SSSR count). The third-order valence-corrected chi connectivity index (χ3v) is 5.66. The predicted molar refractivity (Wildman–Crippen MR) is 123 cm³/mol. The zero-order valence-corrected chi connectivity index (χ0v) is 17.4. The number of nitrogens with zero attached hydrogens (tertiary/aromatic N) is 1. The number of aryl methyl sites for hydroxylation is 1. The number of para-hydroxylation sites is 1. The van der Waals surface area contributed by atoms with Gasteiger partial charge in [-0.25, -0.2) is 0 Å². The Labute approximate surface area is 182 Å². The highest BCUT2D eigenvalue weighted by Gasteiger charge is 2.29. The minimum absolute atomic E-state index is 0.108. The molecule has 4 aromatic rings. The van der Waals surface area contributed by atoms with E-state index in [1.54, 1.807) is 0 Å². The number of benzene rings is 4. The Morgan fingerprint density at radius 3 is 2.13 bits per heavy atom. The number of carbonyl (C=O) groups is 1. The Hall–Kier alpha value is -3.85. The molecule has 0 bridgehead atoms. The second-order valence-corrected chi connectivity index (χ2v) is 7.91. The lowest BCUT2D eigenvalue weighted by molar-refractivity contribution is 0.0766. The van der Waals surface area contributed by atoms with Crippen LogP contribution in [-0.4, -0.2) is 10.8 Å². The third-order valence-electron chi connectivity index (χ3n) is 5.66. The SMILES string of the molecule is Cc1cc(-c2ccccc2)cc2c1C(=O)N(Cc1ccc(Oc3ccccc3)cc1)C2. The molecule has 1 amide bonds. The molecular weight excluding hydrogens is 382 g/mol. The van der Waals surface area contributed by atoms with E-state index in [4.69, 9.17) is 4.74 Å². The fourth-order valence-corrected chi connectivity index (χ4v) is 4.16. The maximum atomic E-state index is 13.1.